The Morgan fingerprint density at radius 2 is 1.25 bits per heavy atom. The predicted octanol–water partition coefficient (Wildman–Crippen LogP) is 8.55. The summed E-state index contributed by atoms with van der Waals surface area (Å²) in [4.78, 5) is 6.93. The lowest BCUT2D eigenvalue weighted by molar-refractivity contribution is 1.09. The Kier molecular flexibility index (Phi) is 5.86. The van der Waals surface area contributed by atoms with Crippen LogP contribution in [0.5, 0.6) is 0 Å². The van der Waals surface area contributed by atoms with Gasteiger partial charge >= 0.3 is 0 Å². The van der Waals surface area contributed by atoms with Gasteiger partial charge in [0.15, 0.2) is 0 Å². The van der Waals surface area contributed by atoms with Crippen LogP contribution in [0.15, 0.2) is 140 Å². The number of benzene rings is 8. The van der Waals surface area contributed by atoms with E-state index in [9.17, 15) is 5.26 Å². The third-order valence-electron chi connectivity index (χ3n) is 11.1. The largest absolute Gasteiger partial charge is 0.378 e. The van der Waals surface area contributed by atoms with E-state index in [0.717, 1.165) is 50.6 Å². The van der Waals surface area contributed by atoms with Crippen LogP contribution in [0.1, 0.15) is 5.56 Å². The van der Waals surface area contributed by atoms with E-state index in [2.05, 4.69) is 138 Å². The molecule has 0 N–H and O–H groups in total. The minimum Gasteiger partial charge on any atom is -0.378 e. The summed E-state index contributed by atoms with van der Waals surface area (Å²) in [6.07, 6.45) is 0. The molecule has 0 amide bonds. The van der Waals surface area contributed by atoms with Crippen molar-refractivity contribution in [3.63, 3.8) is 0 Å². The summed E-state index contributed by atoms with van der Waals surface area (Å²) in [6.45, 7) is -0.179. The molecule has 2 aliphatic rings. The van der Waals surface area contributed by atoms with Crippen LogP contribution in [0, 0.1) is 11.3 Å². The van der Waals surface area contributed by atoms with Crippen LogP contribution in [0.4, 0.5) is 39.8 Å². The minimum absolute atomic E-state index is 0.179. The summed E-state index contributed by atoms with van der Waals surface area (Å²) in [5.74, 6) is 0. The third kappa shape index (κ3) is 3.84. The lowest BCUT2D eigenvalue weighted by Crippen LogP contribution is -2.62. The number of rotatable bonds is 3. The van der Waals surface area contributed by atoms with Crippen LogP contribution < -0.4 is 31.2 Å². The Hall–Kier alpha value is -6.91. The van der Waals surface area contributed by atoms with Crippen molar-refractivity contribution in [1.29, 1.82) is 5.26 Å². The second-order valence-corrected chi connectivity index (χ2v) is 14.0. The standard InChI is InChI=1S/C45H29BN6/c1-50(2)31-20-22-33(23-21-31)51-38-11-6-12-39-42(38)46(36-25-30-16-15-28-7-5-8-29-17-24-35(43(36)51)41(30)40(28)29)45-44(34-9-3-4-10-37(34)48-49-45)52(39)32-18-13-27(26-47)14-19-32/h3-25H,1-2H3. The Bertz CT molecular complexity index is 2950. The molecule has 6 nitrogen and oxygen atoms in total. The first-order valence-electron chi connectivity index (χ1n) is 17.6. The van der Waals surface area contributed by atoms with Crippen LogP contribution >= 0.6 is 0 Å². The summed E-state index contributed by atoms with van der Waals surface area (Å²) in [7, 11) is 4.15. The van der Waals surface area contributed by atoms with Crippen molar-refractivity contribution in [2.24, 2.45) is 0 Å². The van der Waals surface area contributed by atoms with Crippen molar-refractivity contribution in [2.45, 2.75) is 0 Å². The zero-order valence-electron chi connectivity index (χ0n) is 28.5. The van der Waals surface area contributed by atoms with Gasteiger partial charge in [0.2, 0.25) is 0 Å². The second-order valence-electron chi connectivity index (χ2n) is 14.0. The van der Waals surface area contributed by atoms with E-state index in [1.807, 2.05) is 36.4 Å². The number of hydrogen-bond acceptors (Lipinski definition) is 6. The molecule has 242 valence electrons. The third-order valence-corrected chi connectivity index (χ3v) is 11.1. The van der Waals surface area contributed by atoms with Gasteiger partial charge in [0.1, 0.15) is 0 Å². The number of nitrogens with zero attached hydrogens (tertiary/aromatic N) is 6. The number of fused-ring (bicyclic) bond motifs is 7. The lowest BCUT2D eigenvalue weighted by Gasteiger charge is -2.44. The van der Waals surface area contributed by atoms with Gasteiger partial charge in [0.25, 0.3) is 6.71 Å². The monoisotopic (exact) mass is 664 g/mol. The first-order chi connectivity index (χ1) is 25.6. The molecule has 9 aromatic rings. The van der Waals surface area contributed by atoms with Gasteiger partial charge in [-0.2, -0.15) is 15.5 Å². The van der Waals surface area contributed by atoms with Gasteiger partial charge in [-0.1, -0.05) is 72.8 Å². The van der Waals surface area contributed by atoms with Crippen molar-refractivity contribution in [2.75, 3.05) is 28.8 Å². The van der Waals surface area contributed by atoms with E-state index in [4.69, 9.17) is 10.2 Å². The summed E-state index contributed by atoms with van der Waals surface area (Å²) < 4.78 is 0. The smallest absolute Gasteiger partial charge is 0.277 e. The van der Waals surface area contributed by atoms with E-state index < -0.39 is 0 Å². The van der Waals surface area contributed by atoms with E-state index in [-0.39, 0.29) is 6.71 Å². The lowest BCUT2D eigenvalue weighted by atomic mass is 9.34. The molecule has 52 heavy (non-hydrogen) atoms. The highest BCUT2D eigenvalue weighted by atomic mass is 15.2. The summed E-state index contributed by atoms with van der Waals surface area (Å²) in [6, 6.07) is 52.1. The van der Waals surface area contributed by atoms with Crippen molar-refractivity contribution in [1.82, 2.24) is 10.2 Å². The quantitative estimate of drug-likeness (QED) is 0.139. The van der Waals surface area contributed by atoms with Gasteiger partial charge in [-0.25, -0.2) is 0 Å². The highest BCUT2D eigenvalue weighted by molar-refractivity contribution is 7.00. The van der Waals surface area contributed by atoms with Gasteiger partial charge < -0.3 is 14.7 Å². The first kappa shape index (κ1) is 28.9. The van der Waals surface area contributed by atoms with Gasteiger partial charge in [0.05, 0.1) is 28.4 Å². The molecule has 0 saturated carbocycles. The fourth-order valence-electron chi connectivity index (χ4n) is 8.80. The molecular weight excluding hydrogens is 635 g/mol. The average Bonchev–Trinajstić information content (AvgIpc) is 3.19. The van der Waals surface area contributed by atoms with Crippen molar-refractivity contribution in [3.05, 3.63) is 145 Å². The molecular formula is C45H29BN6. The first-order valence-corrected chi connectivity index (χ1v) is 17.6. The molecule has 0 saturated heterocycles. The Morgan fingerprint density at radius 3 is 1.98 bits per heavy atom. The fraction of sp³-hybridized carbons (Fsp3) is 0.0444. The van der Waals surface area contributed by atoms with Crippen LogP contribution in [-0.4, -0.2) is 31.0 Å². The predicted molar refractivity (Wildman–Crippen MR) is 216 cm³/mol. The van der Waals surface area contributed by atoms with Crippen LogP contribution in [0.3, 0.4) is 0 Å². The summed E-state index contributed by atoms with van der Waals surface area (Å²) in [5, 5.41) is 28.2. The zero-order valence-corrected chi connectivity index (χ0v) is 28.5. The van der Waals surface area contributed by atoms with Crippen molar-refractivity contribution in [3.8, 4) is 6.07 Å². The zero-order chi connectivity index (χ0) is 34.7. The normalized spacial score (nSPS) is 13.1. The Balaban J connectivity index is 1.29. The van der Waals surface area contributed by atoms with Crippen LogP contribution in [0.25, 0.3) is 43.2 Å². The molecule has 3 heterocycles. The maximum atomic E-state index is 9.67. The highest BCUT2D eigenvalue weighted by Gasteiger charge is 2.46. The minimum atomic E-state index is -0.179. The molecule has 0 radical (unpaired) electrons. The number of hydrogen-bond donors (Lipinski definition) is 0. The van der Waals surface area contributed by atoms with E-state index >= 15 is 0 Å². The maximum Gasteiger partial charge on any atom is 0.277 e. The molecule has 0 fully saturated rings. The molecule has 0 bridgehead atoms. The fourth-order valence-corrected chi connectivity index (χ4v) is 8.80. The number of anilines is 7. The molecule has 11 rings (SSSR count). The molecule has 0 unspecified atom stereocenters. The second kappa shape index (κ2) is 10.6. The number of nitriles is 1. The SMILES string of the molecule is CN(C)c1ccc(N2c3cccc4c3B(c3cc5ccc6cccc7ccc(c32)c5c67)c2nnc3ccccc3c2N4c2ccc(C#N)cc2)cc1. The molecule has 0 atom stereocenters. The van der Waals surface area contributed by atoms with Gasteiger partial charge in [-0.3, -0.25) is 0 Å². The maximum absolute atomic E-state index is 9.67. The van der Waals surface area contributed by atoms with Gasteiger partial charge in [-0.05, 0) is 105 Å². The summed E-state index contributed by atoms with van der Waals surface area (Å²) >= 11 is 0. The highest BCUT2D eigenvalue weighted by Crippen LogP contribution is 2.48. The molecule has 0 aliphatic carbocycles. The Morgan fingerprint density at radius 1 is 0.596 bits per heavy atom. The molecule has 1 aromatic heterocycles. The topological polar surface area (TPSA) is 59.3 Å². The Labute approximate surface area is 300 Å². The van der Waals surface area contributed by atoms with Crippen LogP contribution in [-0.2, 0) is 0 Å². The van der Waals surface area contributed by atoms with Gasteiger partial charge in [0, 0.05) is 59.0 Å². The van der Waals surface area contributed by atoms with E-state index in [1.54, 1.807) is 0 Å². The summed E-state index contributed by atoms with van der Waals surface area (Å²) in [5.41, 5.74) is 12.4. The molecule has 0 spiro atoms. The van der Waals surface area contributed by atoms with Gasteiger partial charge in [-0.15, -0.1) is 0 Å². The van der Waals surface area contributed by atoms with Crippen LogP contribution in [0.2, 0.25) is 0 Å². The molecule has 2 aliphatic heterocycles. The molecule has 7 heteroatoms. The van der Waals surface area contributed by atoms with Crippen molar-refractivity contribution >= 4 is 106 Å². The van der Waals surface area contributed by atoms with Crippen molar-refractivity contribution < 1.29 is 0 Å². The van der Waals surface area contributed by atoms with E-state index in [1.165, 1.54) is 48.9 Å². The number of aromatic nitrogens is 2. The average molecular weight is 665 g/mol. The van der Waals surface area contributed by atoms with E-state index in [0.29, 0.717) is 5.56 Å². The molecule has 8 aromatic carbocycles.